The average molecular weight is 377 g/mol. The Morgan fingerprint density at radius 1 is 1.11 bits per heavy atom. The molecule has 2 aromatic carbocycles. The molecule has 4 rings (SSSR count). The maximum Gasteiger partial charge on any atom is 0.257 e. The quantitative estimate of drug-likeness (QED) is 0.697. The molecule has 0 saturated heterocycles. The van der Waals surface area contributed by atoms with Gasteiger partial charge in [0.05, 0.1) is 24.1 Å². The minimum atomic E-state index is -0.506. The van der Waals surface area contributed by atoms with Crippen molar-refractivity contribution in [2.75, 3.05) is 13.7 Å². The molecule has 0 unspecified atom stereocenters. The Labute approximate surface area is 162 Å². The zero-order chi connectivity index (χ0) is 19.7. The second-order valence-corrected chi connectivity index (χ2v) is 6.73. The van der Waals surface area contributed by atoms with Crippen LogP contribution in [0.5, 0.6) is 5.75 Å². The van der Waals surface area contributed by atoms with Gasteiger partial charge in [-0.05, 0) is 43.3 Å². The lowest BCUT2D eigenvalue weighted by Crippen LogP contribution is -2.37. The SMILES string of the molecule is COc1ccc(-c2nc(C)nc3c2CN(C(=O)c2ccccc2F)CC3)cc1. The van der Waals surface area contributed by atoms with E-state index >= 15 is 0 Å². The van der Waals surface area contributed by atoms with E-state index in [1.165, 1.54) is 12.1 Å². The van der Waals surface area contributed by atoms with Crippen molar-refractivity contribution in [3.63, 3.8) is 0 Å². The van der Waals surface area contributed by atoms with Crippen LogP contribution in [-0.2, 0) is 13.0 Å². The third kappa shape index (κ3) is 3.33. The Bertz CT molecular complexity index is 1030. The lowest BCUT2D eigenvalue weighted by atomic mass is 9.98. The summed E-state index contributed by atoms with van der Waals surface area (Å²) in [5.41, 5.74) is 3.67. The van der Waals surface area contributed by atoms with Gasteiger partial charge >= 0.3 is 0 Å². The fourth-order valence-electron chi connectivity index (χ4n) is 3.50. The van der Waals surface area contributed by atoms with E-state index in [4.69, 9.17) is 4.74 Å². The first-order valence-corrected chi connectivity index (χ1v) is 9.11. The summed E-state index contributed by atoms with van der Waals surface area (Å²) < 4.78 is 19.3. The summed E-state index contributed by atoms with van der Waals surface area (Å²) in [5.74, 6) is 0.636. The first-order chi connectivity index (χ1) is 13.6. The number of benzene rings is 2. The van der Waals surface area contributed by atoms with E-state index < -0.39 is 5.82 Å². The Morgan fingerprint density at radius 2 is 1.86 bits per heavy atom. The number of carbonyl (C=O) groups is 1. The van der Waals surface area contributed by atoms with Crippen LogP contribution in [0.25, 0.3) is 11.3 Å². The Balaban J connectivity index is 1.71. The lowest BCUT2D eigenvalue weighted by molar-refractivity contribution is 0.0729. The Kier molecular flexibility index (Phi) is 4.77. The second-order valence-electron chi connectivity index (χ2n) is 6.73. The number of halogens is 1. The van der Waals surface area contributed by atoms with E-state index in [1.807, 2.05) is 31.2 Å². The predicted molar refractivity (Wildman–Crippen MR) is 104 cm³/mol. The van der Waals surface area contributed by atoms with Crippen LogP contribution in [0.1, 0.15) is 27.4 Å². The Hall–Kier alpha value is -3.28. The van der Waals surface area contributed by atoms with Gasteiger partial charge in [0.2, 0.25) is 0 Å². The maximum absolute atomic E-state index is 14.1. The van der Waals surface area contributed by atoms with Gasteiger partial charge in [0.15, 0.2) is 0 Å². The molecule has 0 N–H and O–H groups in total. The van der Waals surface area contributed by atoms with Crippen LogP contribution in [0.3, 0.4) is 0 Å². The third-order valence-corrected chi connectivity index (χ3v) is 4.93. The van der Waals surface area contributed by atoms with Crippen LogP contribution in [0.15, 0.2) is 48.5 Å². The molecule has 0 radical (unpaired) electrons. The predicted octanol–water partition coefficient (Wildman–Crippen LogP) is 3.80. The highest BCUT2D eigenvalue weighted by atomic mass is 19.1. The molecule has 1 aliphatic heterocycles. The summed E-state index contributed by atoms with van der Waals surface area (Å²) in [6, 6.07) is 13.7. The zero-order valence-corrected chi connectivity index (χ0v) is 15.8. The molecule has 28 heavy (non-hydrogen) atoms. The summed E-state index contributed by atoms with van der Waals surface area (Å²) in [6.45, 7) is 2.72. The van der Waals surface area contributed by atoms with E-state index in [0.29, 0.717) is 25.3 Å². The molecule has 6 heteroatoms. The summed E-state index contributed by atoms with van der Waals surface area (Å²) in [4.78, 5) is 23.7. The number of rotatable bonds is 3. The van der Waals surface area contributed by atoms with E-state index in [9.17, 15) is 9.18 Å². The molecule has 0 fully saturated rings. The Morgan fingerprint density at radius 3 is 2.57 bits per heavy atom. The maximum atomic E-state index is 14.1. The van der Waals surface area contributed by atoms with Gasteiger partial charge in [-0.2, -0.15) is 0 Å². The standard InChI is InChI=1S/C22H20FN3O2/c1-14-24-20-11-12-26(22(27)17-5-3-4-6-19(17)23)13-18(20)21(25-14)15-7-9-16(28-2)10-8-15/h3-10H,11-13H2,1-2H3. The summed E-state index contributed by atoms with van der Waals surface area (Å²) in [5, 5.41) is 0. The number of aromatic nitrogens is 2. The molecule has 1 aromatic heterocycles. The van der Waals surface area contributed by atoms with Gasteiger partial charge in [0, 0.05) is 30.6 Å². The van der Waals surface area contributed by atoms with Crippen molar-refractivity contribution in [2.45, 2.75) is 19.9 Å². The first-order valence-electron chi connectivity index (χ1n) is 9.11. The van der Waals surface area contributed by atoms with Crippen molar-refractivity contribution in [3.05, 3.63) is 77.0 Å². The summed E-state index contributed by atoms with van der Waals surface area (Å²) in [7, 11) is 1.62. The minimum absolute atomic E-state index is 0.0879. The van der Waals surface area contributed by atoms with Gasteiger partial charge < -0.3 is 9.64 Å². The highest BCUT2D eigenvalue weighted by Crippen LogP contribution is 2.30. The highest BCUT2D eigenvalue weighted by molar-refractivity contribution is 5.94. The van der Waals surface area contributed by atoms with Crippen molar-refractivity contribution in [1.29, 1.82) is 0 Å². The third-order valence-electron chi connectivity index (χ3n) is 4.93. The number of ether oxygens (including phenoxy) is 1. The molecular weight excluding hydrogens is 357 g/mol. The minimum Gasteiger partial charge on any atom is -0.497 e. The molecule has 0 bridgehead atoms. The van der Waals surface area contributed by atoms with Crippen molar-refractivity contribution < 1.29 is 13.9 Å². The molecule has 0 atom stereocenters. The molecule has 1 amide bonds. The summed E-state index contributed by atoms with van der Waals surface area (Å²) in [6.07, 6.45) is 0.613. The van der Waals surface area contributed by atoms with Crippen LogP contribution in [-0.4, -0.2) is 34.4 Å². The average Bonchev–Trinajstić information content (AvgIpc) is 2.73. The van der Waals surface area contributed by atoms with E-state index in [-0.39, 0.29) is 11.5 Å². The monoisotopic (exact) mass is 377 g/mol. The van der Waals surface area contributed by atoms with Gasteiger partial charge in [0.1, 0.15) is 17.4 Å². The van der Waals surface area contributed by atoms with Crippen molar-refractivity contribution in [1.82, 2.24) is 14.9 Å². The molecule has 1 aliphatic rings. The molecule has 3 aromatic rings. The van der Waals surface area contributed by atoms with Crippen LogP contribution in [0.4, 0.5) is 4.39 Å². The van der Waals surface area contributed by atoms with Crippen molar-refractivity contribution >= 4 is 5.91 Å². The normalized spacial score (nSPS) is 13.2. The largest absolute Gasteiger partial charge is 0.497 e. The number of methoxy groups -OCH3 is 1. The lowest BCUT2D eigenvalue weighted by Gasteiger charge is -2.30. The number of carbonyl (C=O) groups excluding carboxylic acids is 1. The number of hydrogen-bond donors (Lipinski definition) is 0. The van der Waals surface area contributed by atoms with Gasteiger partial charge in [-0.25, -0.2) is 14.4 Å². The number of fused-ring (bicyclic) bond motifs is 1. The smallest absolute Gasteiger partial charge is 0.257 e. The fraction of sp³-hybridized carbons (Fsp3) is 0.227. The fourth-order valence-corrected chi connectivity index (χ4v) is 3.50. The topological polar surface area (TPSA) is 55.3 Å². The van der Waals surface area contributed by atoms with Gasteiger partial charge in [-0.1, -0.05) is 12.1 Å². The zero-order valence-electron chi connectivity index (χ0n) is 15.8. The molecule has 0 aliphatic carbocycles. The molecular formula is C22H20FN3O2. The van der Waals surface area contributed by atoms with Gasteiger partial charge in [-0.15, -0.1) is 0 Å². The molecule has 142 valence electrons. The van der Waals surface area contributed by atoms with E-state index in [2.05, 4.69) is 9.97 Å². The number of aryl methyl sites for hydroxylation is 1. The second kappa shape index (κ2) is 7.38. The van der Waals surface area contributed by atoms with Crippen molar-refractivity contribution in [3.8, 4) is 17.0 Å². The van der Waals surface area contributed by atoms with E-state index in [1.54, 1.807) is 24.1 Å². The molecule has 0 saturated carbocycles. The van der Waals surface area contributed by atoms with Gasteiger partial charge in [0.25, 0.3) is 5.91 Å². The van der Waals surface area contributed by atoms with Crippen LogP contribution in [0.2, 0.25) is 0 Å². The molecule has 5 nitrogen and oxygen atoms in total. The van der Waals surface area contributed by atoms with Crippen LogP contribution >= 0.6 is 0 Å². The number of hydrogen-bond acceptors (Lipinski definition) is 4. The first kappa shape index (κ1) is 18.1. The molecule has 2 heterocycles. The number of nitrogens with zero attached hydrogens (tertiary/aromatic N) is 3. The van der Waals surface area contributed by atoms with Crippen molar-refractivity contribution in [2.24, 2.45) is 0 Å². The molecule has 0 spiro atoms. The summed E-state index contributed by atoms with van der Waals surface area (Å²) >= 11 is 0. The van der Waals surface area contributed by atoms with Gasteiger partial charge in [-0.3, -0.25) is 4.79 Å². The van der Waals surface area contributed by atoms with Crippen LogP contribution in [0, 0.1) is 12.7 Å². The van der Waals surface area contributed by atoms with Crippen LogP contribution < -0.4 is 4.74 Å². The number of amides is 1. The van der Waals surface area contributed by atoms with E-state index in [0.717, 1.165) is 28.3 Å². The highest BCUT2D eigenvalue weighted by Gasteiger charge is 2.27.